The monoisotopic (exact) mass is 520 g/mol. The summed E-state index contributed by atoms with van der Waals surface area (Å²) in [6.45, 7) is 2.39. The minimum Gasteiger partial charge on any atom is -0.510 e. The molecular weight excluding hydrogens is 488 g/mol. The van der Waals surface area contributed by atoms with Crippen LogP contribution in [0.5, 0.6) is 11.5 Å². The lowest BCUT2D eigenvalue weighted by molar-refractivity contribution is -0.118. The molecule has 0 radical (unpaired) electrons. The van der Waals surface area contributed by atoms with Crippen molar-refractivity contribution in [1.29, 1.82) is 0 Å². The highest BCUT2D eigenvalue weighted by atomic mass is 16.5. The Hall–Kier alpha value is -3.82. The fourth-order valence-electron chi connectivity index (χ4n) is 6.52. The zero-order chi connectivity index (χ0) is 27.5. The number of aliphatic hydroxyl groups is 3. The normalized spacial score (nSPS) is 26.7. The van der Waals surface area contributed by atoms with E-state index in [4.69, 9.17) is 10.5 Å². The first-order valence-electron chi connectivity index (χ1n) is 12.7. The highest BCUT2D eigenvalue weighted by molar-refractivity contribution is 6.14. The molecule has 38 heavy (non-hydrogen) atoms. The van der Waals surface area contributed by atoms with Crippen LogP contribution in [0, 0.1) is 11.8 Å². The number of Topliss-reactive ketones (excluding diaryl/α,β-unsaturated/α-hetero) is 1. The first-order chi connectivity index (χ1) is 18.0. The van der Waals surface area contributed by atoms with E-state index in [0.29, 0.717) is 24.3 Å². The second-order valence-corrected chi connectivity index (χ2v) is 10.5. The number of phenolic OH excluding ortho intramolecular Hbond substituents is 1. The second-order valence-electron chi connectivity index (χ2n) is 10.5. The van der Waals surface area contributed by atoms with Crippen molar-refractivity contribution >= 4 is 11.7 Å². The summed E-state index contributed by atoms with van der Waals surface area (Å²) in [5.74, 6) is -2.98. The van der Waals surface area contributed by atoms with Gasteiger partial charge < -0.3 is 30.9 Å². The van der Waals surface area contributed by atoms with Gasteiger partial charge in [-0.15, -0.1) is 0 Å². The van der Waals surface area contributed by atoms with Gasteiger partial charge in [-0.2, -0.15) is 0 Å². The Kier molecular flexibility index (Phi) is 6.24. The SMILES string of the molecule is CCOc1cccc(-c2ccc(O)c3c2CC2CC4C(N(C)C)C(O)=C(C(N)=O)CC4(O)C(O)=C2C3=O)c1. The van der Waals surface area contributed by atoms with Crippen molar-refractivity contribution in [2.24, 2.45) is 17.6 Å². The molecule has 0 fully saturated rings. The fourth-order valence-corrected chi connectivity index (χ4v) is 6.52. The van der Waals surface area contributed by atoms with Crippen molar-refractivity contribution in [1.82, 2.24) is 4.90 Å². The molecule has 1 amide bonds. The van der Waals surface area contributed by atoms with Gasteiger partial charge in [-0.25, -0.2) is 0 Å². The molecule has 2 aromatic rings. The Morgan fingerprint density at radius 3 is 2.58 bits per heavy atom. The molecule has 0 saturated carbocycles. The van der Waals surface area contributed by atoms with Crippen LogP contribution in [0.25, 0.3) is 11.1 Å². The smallest absolute Gasteiger partial charge is 0.248 e. The van der Waals surface area contributed by atoms with Gasteiger partial charge in [-0.1, -0.05) is 18.2 Å². The summed E-state index contributed by atoms with van der Waals surface area (Å²) >= 11 is 0. The van der Waals surface area contributed by atoms with E-state index in [1.54, 1.807) is 25.1 Å². The maximum absolute atomic E-state index is 13.9. The summed E-state index contributed by atoms with van der Waals surface area (Å²) in [7, 11) is 3.40. The number of hydrogen-bond donors (Lipinski definition) is 5. The van der Waals surface area contributed by atoms with Crippen molar-refractivity contribution in [3.05, 3.63) is 70.2 Å². The van der Waals surface area contributed by atoms with E-state index in [0.717, 1.165) is 11.1 Å². The molecule has 9 nitrogen and oxygen atoms in total. The van der Waals surface area contributed by atoms with Crippen molar-refractivity contribution < 1.29 is 34.8 Å². The molecule has 4 atom stereocenters. The molecule has 0 aromatic heterocycles. The Morgan fingerprint density at radius 2 is 1.92 bits per heavy atom. The van der Waals surface area contributed by atoms with E-state index in [9.17, 15) is 30.0 Å². The van der Waals surface area contributed by atoms with Crippen LogP contribution in [-0.4, -0.2) is 69.4 Å². The molecular formula is C29H32N2O7. The van der Waals surface area contributed by atoms with Crippen molar-refractivity contribution in [3.8, 4) is 22.6 Å². The molecule has 4 unspecified atom stereocenters. The van der Waals surface area contributed by atoms with Crippen LogP contribution >= 0.6 is 0 Å². The molecule has 0 aliphatic heterocycles. The summed E-state index contributed by atoms with van der Waals surface area (Å²) < 4.78 is 5.65. The van der Waals surface area contributed by atoms with Crippen molar-refractivity contribution in [2.75, 3.05) is 20.7 Å². The van der Waals surface area contributed by atoms with E-state index < -0.39 is 47.3 Å². The number of nitrogens with zero attached hydrogens (tertiary/aromatic N) is 1. The van der Waals surface area contributed by atoms with E-state index in [-0.39, 0.29) is 34.6 Å². The van der Waals surface area contributed by atoms with Gasteiger partial charge in [0.2, 0.25) is 5.91 Å². The summed E-state index contributed by atoms with van der Waals surface area (Å²) in [4.78, 5) is 27.7. The van der Waals surface area contributed by atoms with Gasteiger partial charge in [0, 0.05) is 17.9 Å². The maximum Gasteiger partial charge on any atom is 0.248 e. The molecule has 6 N–H and O–H groups in total. The van der Waals surface area contributed by atoms with Gasteiger partial charge >= 0.3 is 0 Å². The van der Waals surface area contributed by atoms with E-state index in [1.165, 1.54) is 6.07 Å². The van der Waals surface area contributed by atoms with Crippen LogP contribution in [0.15, 0.2) is 59.1 Å². The predicted octanol–water partition coefficient (Wildman–Crippen LogP) is 3.01. The number of carbonyl (C=O) groups excluding carboxylic acids is 2. The highest BCUT2D eigenvalue weighted by Crippen LogP contribution is 2.54. The third kappa shape index (κ3) is 3.76. The number of rotatable bonds is 5. The van der Waals surface area contributed by atoms with Gasteiger partial charge in [-0.3, -0.25) is 14.5 Å². The zero-order valence-corrected chi connectivity index (χ0v) is 21.6. The number of phenols is 1. The van der Waals surface area contributed by atoms with Gasteiger partial charge in [0.1, 0.15) is 28.6 Å². The number of amides is 1. The van der Waals surface area contributed by atoms with Gasteiger partial charge in [0.25, 0.3) is 0 Å². The van der Waals surface area contributed by atoms with Crippen LogP contribution in [0.3, 0.4) is 0 Å². The molecule has 9 heteroatoms. The average molecular weight is 521 g/mol. The number of allylic oxidation sites excluding steroid dienone is 1. The minimum absolute atomic E-state index is 0.0227. The number of aromatic hydroxyl groups is 1. The molecule has 0 saturated heterocycles. The Morgan fingerprint density at radius 1 is 1.18 bits per heavy atom. The number of ketones is 1. The van der Waals surface area contributed by atoms with Crippen LogP contribution in [0.1, 0.15) is 35.7 Å². The van der Waals surface area contributed by atoms with Crippen LogP contribution in [0.2, 0.25) is 0 Å². The predicted molar refractivity (Wildman–Crippen MR) is 140 cm³/mol. The first kappa shape index (κ1) is 25.8. The Balaban J connectivity index is 1.67. The number of fused-ring (bicyclic) bond motifs is 3. The fraction of sp³-hybridized carbons (Fsp3) is 0.379. The lowest BCUT2D eigenvalue weighted by Crippen LogP contribution is -2.59. The molecule has 0 bridgehead atoms. The topological polar surface area (TPSA) is 154 Å². The number of hydrogen-bond acceptors (Lipinski definition) is 8. The summed E-state index contributed by atoms with van der Waals surface area (Å²) in [6.07, 6.45) is 0.165. The lowest BCUT2D eigenvalue weighted by atomic mass is 9.59. The highest BCUT2D eigenvalue weighted by Gasteiger charge is 2.58. The van der Waals surface area contributed by atoms with Gasteiger partial charge in [0.15, 0.2) is 5.78 Å². The standard InChI is InChI=1S/C29H32N2O7/c1-4-38-16-7-5-6-14(10-16)17-8-9-21(32)23-18(17)11-15-12-20-24(31(2)3)25(33)19(28(30)36)13-29(20,37)27(35)22(15)26(23)34/h5-10,15,20,24,32-33,35,37H,4,11-13H2,1-3H3,(H2,30,36). The lowest BCUT2D eigenvalue weighted by Gasteiger charge is -2.51. The number of benzene rings is 2. The summed E-state index contributed by atoms with van der Waals surface area (Å²) in [5, 5.41) is 44.9. The van der Waals surface area contributed by atoms with Gasteiger partial charge in [0.05, 0.1) is 23.8 Å². The first-order valence-corrected chi connectivity index (χ1v) is 12.7. The molecule has 5 rings (SSSR count). The maximum atomic E-state index is 13.9. The van der Waals surface area contributed by atoms with Crippen LogP contribution in [0.4, 0.5) is 0 Å². The number of nitrogens with two attached hydrogens (primary N) is 1. The van der Waals surface area contributed by atoms with E-state index in [1.807, 2.05) is 31.2 Å². The zero-order valence-electron chi connectivity index (χ0n) is 21.6. The average Bonchev–Trinajstić information content (AvgIpc) is 2.85. The summed E-state index contributed by atoms with van der Waals surface area (Å²) in [6, 6.07) is 9.89. The van der Waals surface area contributed by atoms with Crippen molar-refractivity contribution in [3.63, 3.8) is 0 Å². The van der Waals surface area contributed by atoms with E-state index >= 15 is 0 Å². The van der Waals surface area contributed by atoms with Crippen LogP contribution in [-0.2, 0) is 11.2 Å². The molecule has 200 valence electrons. The Bertz CT molecular complexity index is 1410. The third-order valence-corrected chi connectivity index (χ3v) is 8.16. The largest absolute Gasteiger partial charge is 0.510 e. The van der Waals surface area contributed by atoms with Crippen LogP contribution < -0.4 is 10.5 Å². The number of carbonyl (C=O) groups is 2. The molecule has 0 heterocycles. The second kappa shape index (κ2) is 9.18. The van der Waals surface area contributed by atoms with Gasteiger partial charge in [-0.05, 0) is 74.7 Å². The minimum atomic E-state index is -1.98. The molecule has 3 aliphatic carbocycles. The summed E-state index contributed by atoms with van der Waals surface area (Å²) in [5.41, 5.74) is 5.66. The third-order valence-electron chi connectivity index (χ3n) is 8.16. The number of primary amides is 1. The number of ether oxygens (including phenoxy) is 1. The number of likely N-dealkylation sites (N-methyl/N-ethyl adjacent to an activating group) is 1. The van der Waals surface area contributed by atoms with E-state index in [2.05, 4.69) is 0 Å². The van der Waals surface area contributed by atoms with Crippen molar-refractivity contribution in [2.45, 2.75) is 37.8 Å². The molecule has 0 spiro atoms. The number of aliphatic hydroxyl groups excluding tert-OH is 2. The molecule has 2 aromatic carbocycles. The Labute approximate surface area is 220 Å². The quantitative estimate of drug-likeness (QED) is 0.403. The molecule has 3 aliphatic rings.